The quantitative estimate of drug-likeness (QED) is 0.351. The van der Waals surface area contributed by atoms with Gasteiger partial charge in [0, 0.05) is 25.9 Å². The van der Waals surface area contributed by atoms with Gasteiger partial charge in [-0.3, -0.25) is 19.2 Å². The summed E-state index contributed by atoms with van der Waals surface area (Å²) in [5.74, 6) is -0.902. The lowest BCUT2D eigenvalue weighted by atomic mass is 9.81. The van der Waals surface area contributed by atoms with Gasteiger partial charge in [0.1, 0.15) is 18.1 Å². The van der Waals surface area contributed by atoms with E-state index < -0.39 is 35.4 Å². The fraction of sp³-hybridized carbons (Fsp3) is 0.692. The van der Waals surface area contributed by atoms with Crippen molar-refractivity contribution in [2.24, 2.45) is 40.7 Å². The predicted octanol–water partition coefficient (Wildman–Crippen LogP) is 0.350. The number of fused-ring (bicyclic) bond motifs is 5. The second-order valence-corrected chi connectivity index (χ2v) is 12.2. The Labute approximate surface area is 221 Å². The number of primary amides is 1. The van der Waals surface area contributed by atoms with E-state index in [4.69, 9.17) is 10.2 Å². The van der Waals surface area contributed by atoms with Crippen LogP contribution in [0.1, 0.15) is 45.9 Å². The van der Waals surface area contributed by atoms with Gasteiger partial charge in [-0.2, -0.15) is 0 Å². The molecule has 2 saturated heterocycles. The SMILES string of the molecule is Cc1nnc(N[C@H](C(=O)N2C[C@H]3[C@@H]([C@H]2C(=O)N[C@@H](C[C@@H]2CCNC2=O)C(N)=O)[C@H]2C=C[C@@H]3C2)C(C)(C)C)o1. The van der Waals surface area contributed by atoms with Crippen LogP contribution in [-0.4, -0.2) is 69.9 Å². The maximum atomic E-state index is 14.2. The molecular formula is C26H37N7O5. The largest absolute Gasteiger partial charge is 0.408 e. The third-order valence-corrected chi connectivity index (χ3v) is 8.60. The number of anilines is 1. The Kier molecular flexibility index (Phi) is 6.68. The van der Waals surface area contributed by atoms with Crippen LogP contribution in [0.15, 0.2) is 16.6 Å². The highest BCUT2D eigenvalue weighted by atomic mass is 16.4. The number of nitrogens with zero attached hydrogens (tertiary/aromatic N) is 3. The Hall–Kier alpha value is -3.44. The van der Waals surface area contributed by atoms with Gasteiger partial charge in [0.2, 0.25) is 29.5 Å². The molecule has 12 nitrogen and oxygen atoms in total. The van der Waals surface area contributed by atoms with Gasteiger partial charge in [-0.25, -0.2) is 0 Å². The molecule has 2 bridgehead atoms. The molecule has 8 atom stereocenters. The summed E-state index contributed by atoms with van der Waals surface area (Å²) in [6.07, 6.45) is 6.02. The molecular weight excluding hydrogens is 490 g/mol. The monoisotopic (exact) mass is 527 g/mol. The van der Waals surface area contributed by atoms with Gasteiger partial charge in [-0.05, 0) is 48.3 Å². The molecule has 3 fully saturated rings. The topological polar surface area (TPSA) is 173 Å². The van der Waals surface area contributed by atoms with Crippen LogP contribution in [0.25, 0.3) is 0 Å². The van der Waals surface area contributed by atoms with Crippen molar-refractivity contribution in [3.8, 4) is 0 Å². The maximum absolute atomic E-state index is 14.2. The first-order chi connectivity index (χ1) is 17.9. The summed E-state index contributed by atoms with van der Waals surface area (Å²) in [6.45, 7) is 8.43. The fourth-order valence-corrected chi connectivity index (χ4v) is 6.73. The minimum atomic E-state index is -1.00. The molecule has 12 heteroatoms. The number of allylic oxidation sites excluding steroid dienone is 2. The molecule has 0 radical (unpaired) electrons. The Morgan fingerprint density at radius 2 is 1.97 bits per heavy atom. The average Bonchev–Trinajstić information content (AvgIpc) is 3.64. The minimum absolute atomic E-state index is 0.0523. The first-order valence-electron chi connectivity index (χ1n) is 13.4. The number of nitrogens with one attached hydrogen (secondary N) is 3. The normalized spacial score (nSPS) is 31.2. The predicted molar refractivity (Wildman–Crippen MR) is 136 cm³/mol. The van der Waals surface area contributed by atoms with Crippen molar-refractivity contribution in [1.29, 1.82) is 0 Å². The summed E-state index contributed by atoms with van der Waals surface area (Å²) in [5.41, 5.74) is 5.11. The van der Waals surface area contributed by atoms with Crippen molar-refractivity contribution in [3.63, 3.8) is 0 Å². The fourth-order valence-electron chi connectivity index (χ4n) is 6.73. The van der Waals surface area contributed by atoms with Crippen LogP contribution in [0.2, 0.25) is 0 Å². The van der Waals surface area contributed by atoms with E-state index in [2.05, 4.69) is 38.3 Å². The summed E-state index contributed by atoms with van der Waals surface area (Å²) in [6, 6.07) is -2.36. The highest BCUT2D eigenvalue weighted by molar-refractivity contribution is 5.95. The van der Waals surface area contributed by atoms with E-state index in [-0.39, 0.29) is 47.9 Å². The van der Waals surface area contributed by atoms with E-state index in [1.807, 2.05) is 20.8 Å². The van der Waals surface area contributed by atoms with E-state index >= 15 is 0 Å². The summed E-state index contributed by atoms with van der Waals surface area (Å²) in [4.78, 5) is 54.1. The smallest absolute Gasteiger partial charge is 0.316 e. The molecule has 2 aliphatic carbocycles. The van der Waals surface area contributed by atoms with Crippen molar-refractivity contribution in [3.05, 3.63) is 18.0 Å². The molecule has 0 spiro atoms. The molecule has 38 heavy (non-hydrogen) atoms. The summed E-state index contributed by atoms with van der Waals surface area (Å²) in [7, 11) is 0. The van der Waals surface area contributed by atoms with Crippen molar-refractivity contribution in [2.45, 2.75) is 65.1 Å². The van der Waals surface area contributed by atoms with Crippen LogP contribution >= 0.6 is 0 Å². The summed E-state index contributed by atoms with van der Waals surface area (Å²) in [5, 5.41) is 16.5. The van der Waals surface area contributed by atoms with Gasteiger partial charge in [0.15, 0.2) is 0 Å². The number of aromatic nitrogens is 2. The van der Waals surface area contributed by atoms with E-state index in [0.29, 0.717) is 31.3 Å². The van der Waals surface area contributed by atoms with Crippen molar-refractivity contribution >= 4 is 29.6 Å². The first-order valence-corrected chi connectivity index (χ1v) is 13.4. The van der Waals surface area contributed by atoms with Crippen LogP contribution in [0.4, 0.5) is 6.01 Å². The van der Waals surface area contributed by atoms with Crippen LogP contribution < -0.4 is 21.7 Å². The zero-order chi connectivity index (χ0) is 27.4. The van der Waals surface area contributed by atoms with Crippen LogP contribution in [0, 0.1) is 41.9 Å². The third kappa shape index (κ3) is 4.76. The number of carbonyl (C=O) groups excluding carboxylic acids is 4. The lowest BCUT2D eigenvalue weighted by Gasteiger charge is -2.36. The number of aryl methyl sites for hydroxylation is 1. The Morgan fingerprint density at radius 3 is 2.58 bits per heavy atom. The maximum Gasteiger partial charge on any atom is 0.316 e. The molecule has 5 N–H and O–H groups in total. The second-order valence-electron chi connectivity index (χ2n) is 12.2. The number of hydrogen-bond donors (Lipinski definition) is 4. The highest BCUT2D eigenvalue weighted by Gasteiger charge is 2.59. The molecule has 206 valence electrons. The lowest BCUT2D eigenvalue weighted by molar-refractivity contribution is -0.142. The Bertz CT molecular complexity index is 1160. The first kappa shape index (κ1) is 26.2. The standard InChI is InChI=1S/C26H37N7O5/c1-12-31-32-25(38-12)30-20(26(2,3)4)24(37)33-11-16-13-5-6-14(9-13)18(16)19(33)23(36)29-17(21(27)34)10-15-7-8-28-22(15)35/h5-6,13-20H,7-11H2,1-4H3,(H2,27,34)(H,28,35)(H,29,36)(H,30,32)/t13-,14+,15+,16-,17+,18+,19+,20-/m1/s1. The van der Waals surface area contributed by atoms with Crippen molar-refractivity contribution in [2.75, 3.05) is 18.4 Å². The zero-order valence-corrected chi connectivity index (χ0v) is 22.3. The van der Waals surface area contributed by atoms with Crippen molar-refractivity contribution in [1.82, 2.24) is 25.7 Å². The van der Waals surface area contributed by atoms with Gasteiger partial charge in [-0.1, -0.05) is 38.0 Å². The molecule has 4 aliphatic rings. The van der Waals surface area contributed by atoms with Crippen LogP contribution in [0.3, 0.4) is 0 Å². The molecule has 4 amide bonds. The van der Waals surface area contributed by atoms with E-state index in [1.165, 1.54) is 0 Å². The number of carbonyl (C=O) groups is 4. The van der Waals surface area contributed by atoms with Crippen molar-refractivity contribution < 1.29 is 23.6 Å². The Morgan fingerprint density at radius 1 is 1.24 bits per heavy atom. The number of amides is 4. The molecule has 0 aromatic carbocycles. The van der Waals surface area contributed by atoms with E-state index in [0.717, 1.165) is 6.42 Å². The molecule has 0 unspecified atom stereocenters. The van der Waals surface area contributed by atoms with Crippen LogP contribution in [-0.2, 0) is 19.2 Å². The highest BCUT2D eigenvalue weighted by Crippen LogP contribution is 2.54. The number of hydrogen-bond acceptors (Lipinski definition) is 8. The van der Waals surface area contributed by atoms with E-state index in [9.17, 15) is 19.2 Å². The van der Waals surface area contributed by atoms with Crippen LogP contribution in [0.5, 0.6) is 0 Å². The van der Waals surface area contributed by atoms with Gasteiger partial charge >= 0.3 is 6.01 Å². The summed E-state index contributed by atoms with van der Waals surface area (Å²) < 4.78 is 5.49. The number of rotatable bonds is 8. The second kappa shape index (κ2) is 9.70. The van der Waals surface area contributed by atoms with Gasteiger partial charge in [0.05, 0.1) is 0 Å². The summed E-state index contributed by atoms with van der Waals surface area (Å²) >= 11 is 0. The number of nitrogens with two attached hydrogens (primary N) is 1. The zero-order valence-electron chi connectivity index (χ0n) is 22.3. The van der Waals surface area contributed by atoms with Gasteiger partial charge in [-0.15, -0.1) is 5.10 Å². The minimum Gasteiger partial charge on any atom is -0.408 e. The molecule has 1 saturated carbocycles. The lowest BCUT2D eigenvalue weighted by Crippen LogP contribution is -2.58. The van der Waals surface area contributed by atoms with E-state index in [1.54, 1.807) is 11.8 Å². The molecule has 1 aromatic heterocycles. The number of likely N-dealkylation sites (tertiary alicyclic amines) is 1. The van der Waals surface area contributed by atoms with Gasteiger partial charge < -0.3 is 31.0 Å². The molecule has 5 rings (SSSR count). The third-order valence-electron chi connectivity index (χ3n) is 8.60. The Balaban J connectivity index is 1.41. The molecule has 3 heterocycles. The molecule has 2 aliphatic heterocycles. The average molecular weight is 528 g/mol. The van der Waals surface area contributed by atoms with Gasteiger partial charge in [0.25, 0.3) is 0 Å². The molecule has 1 aromatic rings.